The molecule has 0 aliphatic rings. The van der Waals surface area contributed by atoms with E-state index in [0.717, 1.165) is 30.3 Å². The standard InChI is InChI=1S/C17H14F3N3O5/c1-21-13-7-2-10(8-14(13)23(26)27)16(25)28-9-15(24)22-12-5-3-11(4-6-12)17(18,19)20/h2-8,21H,9H2,1H3,(H,22,24). The SMILES string of the molecule is CNc1ccc(C(=O)OCC(=O)Nc2ccc(C(F)(F)F)cc2)cc1[N+](=O)[O-]. The van der Waals surface area contributed by atoms with Crippen LogP contribution in [-0.4, -0.2) is 30.5 Å². The van der Waals surface area contributed by atoms with Gasteiger partial charge < -0.3 is 15.4 Å². The maximum absolute atomic E-state index is 12.5. The molecular weight excluding hydrogens is 383 g/mol. The fraction of sp³-hybridized carbons (Fsp3) is 0.176. The zero-order valence-electron chi connectivity index (χ0n) is 14.4. The summed E-state index contributed by atoms with van der Waals surface area (Å²) in [6, 6.07) is 7.31. The number of carbonyl (C=O) groups excluding carboxylic acids is 2. The molecular formula is C17H14F3N3O5. The highest BCUT2D eigenvalue weighted by Crippen LogP contribution is 2.29. The maximum Gasteiger partial charge on any atom is 0.416 e. The highest BCUT2D eigenvalue weighted by atomic mass is 19.4. The number of ether oxygens (including phenoxy) is 1. The number of nitrogens with one attached hydrogen (secondary N) is 2. The lowest BCUT2D eigenvalue weighted by Crippen LogP contribution is -2.21. The Morgan fingerprint density at radius 2 is 1.79 bits per heavy atom. The minimum absolute atomic E-state index is 0.0862. The number of halogens is 3. The van der Waals surface area contributed by atoms with E-state index >= 15 is 0 Å². The lowest BCUT2D eigenvalue weighted by atomic mass is 10.1. The maximum atomic E-state index is 12.5. The molecule has 2 rings (SSSR count). The molecule has 2 aromatic carbocycles. The van der Waals surface area contributed by atoms with Gasteiger partial charge in [-0.3, -0.25) is 14.9 Å². The second-order valence-electron chi connectivity index (χ2n) is 5.44. The number of benzene rings is 2. The number of nitro groups is 1. The monoisotopic (exact) mass is 397 g/mol. The number of carbonyl (C=O) groups is 2. The molecule has 0 saturated carbocycles. The summed E-state index contributed by atoms with van der Waals surface area (Å²) >= 11 is 0. The first-order valence-corrected chi connectivity index (χ1v) is 7.72. The highest BCUT2D eigenvalue weighted by Gasteiger charge is 2.30. The molecule has 11 heteroatoms. The van der Waals surface area contributed by atoms with Crippen molar-refractivity contribution < 1.29 is 32.4 Å². The Hall–Kier alpha value is -3.63. The number of amides is 1. The molecule has 1 amide bonds. The van der Waals surface area contributed by atoms with Crippen LogP contribution in [0.3, 0.4) is 0 Å². The molecule has 2 N–H and O–H groups in total. The summed E-state index contributed by atoms with van der Waals surface area (Å²) in [5.41, 5.74) is -1.06. The first-order chi connectivity index (χ1) is 13.1. The van der Waals surface area contributed by atoms with E-state index < -0.39 is 35.1 Å². The fourth-order valence-electron chi connectivity index (χ4n) is 2.18. The summed E-state index contributed by atoms with van der Waals surface area (Å²) in [5.74, 6) is -1.75. The van der Waals surface area contributed by atoms with Crippen molar-refractivity contribution in [2.24, 2.45) is 0 Å². The first kappa shape index (κ1) is 20.7. The molecule has 0 atom stereocenters. The Balaban J connectivity index is 1.96. The van der Waals surface area contributed by atoms with Crippen LogP contribution in [0.1, 0.15) is 15.9 Å². The van der Waals surface area contributed by atoms with Gasteiger partial charge in [-0.15, -0.1) is 0 Å². The summed E-state index contributed by atoms with van der Waals surface area (Å²) < 4.78 is 42.2. The second kappa shape index (κ2) is 8.37. The molecule has 2 aromatic rings. The van der Waals surface area contributed by atoms with Gasteiger partial charge in [-0.05, 0) is 36.4 Å². The lowest BCUT2D eigenvalue weighted by molar-refractivity contribution is -0.384. The van der Waals surface area contributed by atoms with Crippen LogP contribution in [0, 0.1) is 10.1 Å². The summed E-state index contributed by atoms with van der Waals surface area (Å²) in [4.78, 5) is 34.0. The zero-order valence-corrected chi connectivity index (χ0v) is 14.4. The number of hydrogen-bond acceptors (Lipinski definition) is 6. The third-order valence-corrected chi connectivity index (χ3v) is 3.53. The Kier molecular flexibility index (Phi) is 6.18. The van der Waals surface area contributed by atoms with Crippen LogP contribution >= 0.6 is 0 Å². The van der Waals surface area contributed by atoms with Crippen LogP contribution in [0.2, 0.25) is 0 Å². The average Bonchev–Trinajstić information content (AvgIpc) is 2.65. The van der Waals surface area contributed by atoms with Crippen molar-refractivity contribution in [2.45, 2.75) is 6.18 Å². The van der Waals surface area contributed by atoms with Gasteiger partial charge in [0.1, 0.15) is 5.69 Å². The number of hydrogen-bond donors (Lipinski definition) is 2. The van der Waals surface area contributed by atoms with Crippen molar-refractivity contribution in [3.05, 3.63) is 63.7 Å². The summed E-state index contributed by atoms with van der Waals surface area (Å²) in [6.07, 6.45) is -4.50. The predicted octanol–water partition coefficient (Wildman–Crippen LogP) is 3.45. The largest absolute Gasteiger partial charge is 0.452 e. The van der Waals surface area contributed by atoms with Gasteiger partial charge in [0.15, 0.2) is 6.61 Å². The van der Waals surface area contributed by atoms with E-state index in [1.54, 1.807) is 0 Å². The molecule has 0 bridgehead atoms. The number of nitrogens with zero attached hydrogens (tertiary/aromatic N) is 1. The molecule has 28 heavy (non-hydrogen) atoms. The van der Waals surface area contributed by atoms with E-state index in [-0.39, 0.29) is 22.6 Å². The van der Waals surface area contributed by atoms with Gasteiger partial charge in [-0.25, -0.2) is 4.79 Å². The second-order valence-corrected chi connectivity index (χ2v) is 5.44. The van der Waals surface area contributed by atoms with Gasteiger partial charge in [0.05, 0.1) is 16.1 Å². The van der Waals surface area contributed by atoms with Gasteiger partial charge >= 0.3 is 12.1 Å². The van der Waals surface area contributed by atoms with E-state index in [2.05, 4.69) is 10.6 Å². The van der Waals surface area contributed by atoms with Crippen molar-refractivity contribution in [1.82, 2.24) is 0 Å². The molecule has 0 saturated heterocycles. The summed E-state index contributed by atoms with van der Waals surface area (Å²) in [5, 5.41) is 15.9. The molecule has 0 unspecified atom stereocenters. The van der Waals surface area contributed by atoms with Crippen LogP contribution in [0.4, 0.5) is 30.2 Å². The van der Waals surface area contributed by atoms with E-state index in [0.29, 0.717) is 0 Å². The molecule has 0 heterocycles. The number of anilines is 2. The van der Waals surface area contributed by atoms with Gasteiger partial charge in [0, 0.05) is 18.8 Å². The molecule has 148 valence electrons. The van der Waals surface area contributed by atoms with Crippen molar-refractivity contribution >= 4 is 28.9 Å². The Labute approximate surface area is 156 Å². The lowest BCUT2D eigenvalue weighted by Gasteiger charge is -2.09. The molecule has 0 aromatic heterocycles. The molecule has 0 aliphatic carbocycles. The van der Waals surface area contributed by atoms with E-state index in [9.17, 15) is 32.9 Å². The van der Waals surface area contributed by atoms with Crippen molar-refractivity contribution in [3.63, 3.8) is 0 Å². The van der Waals surface area contributed by atoms with Crippen LogP contribution in [0.5, 0.6) is 0 Å². The molecule has 0 radical (unpaired) electrons. The minimum Gasteiger partial charge on any atom is -0.452 e. The zero-order chi connectivity index (χ0) is 20.9. The van der Waals surface area contributed by atoms with Crippen molar-refractivity contribution in [2.75, 3.05) is 24.3 Å². The van der Waals surface area contributed by atoms with Crippen LogP contribution in [0.15, 0.2) is 42.5 Å². The van der Waals surface area contributed by atoms with E-state index in [1.165, 1.54) is 19.2 Å². The third kappa shape index (κ3) is 5.19. The highest BCUT2D eigenvalue weighted by molar-refractivity contribution is 5.96. The predicted molar refractivity (Wildman–Crippen MR) is 93.0 cm³/mol. The minimum atomic E-state index is -4.50. The van der Waals surface area contributed by atoms with Crippen molar-refractivity contribution in [1.29, 1.82) is 0 Å². The van der Waals surface area contributed by atoms with Gasteiger partial charge in [-0.1, -0.05) is 0 Å². The molecule has 0 aliphatic heterocycles. The molecule has 0 fully saturated rings. The third-order valence-electron chi connectivity index (χ3n) is 3.53. The average molecular weight is 397 g/mol. The van der Waals surface area contributed by atoms with Crippen LogP contribution < -0.4 is 10.6 Å². The molecule has 0 spiro atoms. The van der Waals surface area contributed by atoms with Gasteiger partial charge in [0.25, 0.3) is 11.6 Å². The number of alkyl halides is 3. The topological polar surface area (TPSA) is 111 Å². The van der Waals surface area contributed by atoms with Crippen molar-refractivity contribution in [3.8, 4) is 0 Å². The summed E-state index contributed by atoms with van der Waals surface area (Å²) in [7, 11) is 1.48. The quantitative estimate of drug-likeness (QED) is 0.439. The normalized spacial score (nSPS) is 10.9. The van der Waals surface area contributed by atoms with Gasteiger partial charge in [0.2, 0.25) is 0 Å². The van der Waals surface area contributed by atoms with E-state index in [1.807, 2.05) is 0 Å². The van der Waals surface area contributed by atoms with Crippen LogP contribution in [-0.2, 0) is 15.7 Å². The molecule has 8 nitrogen and oxygen atoms in total. The van der Waals surface area contributed by atoms with Crippen LogP contribution in [0.25, 0.3) is 0 Å². The Morgan fingerprint density at radius 1 is 1.14 bits per heavy atom. The Bertz CT molecular complexity index is 898. The van der Waals surface area contributed by atoms with Gasteiger partial charge in [-0.2, -0.15) is 13.2 Å². The van der Waals surface area contributed by atoms with E-state index in [4.69, 9.17) is 4.74 Å². The summed E-state index contributed by atoms with van der Waals surface area (Å²) in [6.45, 7) is -0.721. The first-order valence-electron chi connectivity index (χ1n) is 7.72. The Morgan fingerprint density at radius 3 is 2.32 bits per heavy atom. The smallest absolute Gasteiger partial charge is 0.416 e. The number of nitro benzene ring substituents is 1. The fourth-order valence-corrected chi connectivity index (χ4v) is 2.18. The number of esters is 1. The number of rotatable bonds is 6.